The van der Waals surface area contributed by atoms with Crippen molar-refractivity contribution >= 4 is 52.3 Å². The van der Waals surface area contributed by atoms with Gasteiger partial charge in [0.15, 0.2) is 5.11 Å². The molecule has 0 saturated heterocycles. The van der Waals surface area contributed by atoms with E-state index >= 15 is 0 Å². The molecule has 0 spiro atoms. The van der Waals surface area contributed by atoms with Crippen molar-refractivity contribution < 1.29 is 9.53 Å². The molecule has 1 aromatic heterocycles. The van der Waals surface area contributed by atoms with Crippen LogP contribution in [-0.4, -0.2) is 22.6 Å². The van der Waals surface area contributed by atoms with Crippen molar-refractivity contribution in [2.75, 3.05) is 11.9 Å². The lowest BCUT2D eigenvalue weighted by Crippen LogP contribution is -2.34. The molecule has 0 unspecified atom stereocenters. The third-order valence-electron chi connectivity index (χ3n) is 2.69. The molecule has 1 heterocycles. The number of thiocarbonyl (C=S) groups is 1. The number of aromatic nitrogens is 1. The van der Waals surface area contributed by atoms with Crippen molar-refractivity contribution in [3.05, 3.63) is 52.1 Å². The van der Waals surface area contributed by atoms with Gasteiger partial charge in [-0.15, -0.1) is 0 Å². The Kier molecular flexibility index (Phi) is 6.15. The monoisotopic (exact) mass is 369 g/mol. The molecular formula is C15H13Cl2N3O2S. The summed E-state index contributed by atoms with van der Waals surface area (Å²) in [6, 6.07) is 8.07. The summed E-state index contributed by atoms with van der Waals surface area (Å²) in [6.45, 7) is 2.35. The van der Waals surface area contributed by atoms with Gasteiger partial charge in [-0.3, -0.25) is 10.1 Å². The fourth-order valence-electron chi connectivity index (χ4n) is 1.69. The predicted octanol–water partition coefficient (Wildman–Crippen LogP) is 3.91. The van der Waals surface area contributed by atoms with Gasteiger partial charge in [0.1, 0.15) is 11.6 Å². The average molecular weight is 370 g/mol. The highest BCUT2D eigenvalue weighted by atomic mass is 35.5. The molecule has 120 valence electrons. The maximum atomic E-state index is 12.1. The van der Waals surface area contributed by atoms with Crippen molar-refractivity contribution in [3.8, 4) is 5.75 Å². The van der Waals surface area contributed by atoms with Crippen molar-refractivity contribution in [1.82, 2.24) is 10.3 Å². The van der Waals surface area contributed by atoms with E-state index in [0.717, 1.165) is 0 Å². The van der Waals surface area contributed by atoms with Crippen LogP contribution in [-0.2, 0) is 0 Å². The van der Waals surface area contributed by atoms with E-state index in [4.69, 9.17) is 40.2 Å². The van der Waals surface area contributed by atoms with Crippen molar-refractivity contribution in [2.24, 2.45) is 0 Å². The number of nitrogens with one attached hydrogen (secondary N) is 2. The number of ether oxygens (including phenoxy) is 1. The minimum Gasteiger partial charge on any atom is -0.492 e. The Morgan fingerprint density at radius 1 is 1.30 bits per heavy atom. The van der Waals surface area contributed by atoms with Crippen LogP contribution in [0, 0.1) is 0 Å². The van der Waals surface area contributed by atoms with E-state index in [9.17, 15) is 4.79 Å². The van der Waals surface area contributed by atoms with Gasteiger partial charge < -0.3 is 10.1 Å². The molecule has 2 aromatic rings. The molecule has 23 heavy (non-hydrogen) atoms. The van der Waals surface area contributed by atoms with Gasteiger partial charge in [-0.05, 0) is 49.5 Å². The number of benzene rings is 1. The molecule has 0 radical (unpaired) electrons. The van der Waals surface area contributed by atoms with Crippen molar-refractivity contribution in [3.63, 3.8) is 0 Å². The summed E-state index contributed by atoms with van der Waals surface area (Å²) in [5.41, 5.74) is 0.367. The lowest BCUT2D eigenvalue weighted by molar-refractivity contribution is 0.0977. The van der Waals surface area contributed by atoms with Crippen LogP contribution in [0.15, 0.2) is 36.5 Å². The summed E-state index contributed by atoms with van der Waals surface area (Å²) in [4.78, 5) is 16.2. The number of carbonyl (C=O) groups excluding carboxylic acids is 1. The quantitative estimate of drug-likeness (QED) is 0.799. The highest BCUT2D eigenvalue weighted by Crippen LogP contribution is 2.25. The average Bonchev–Trinajstić information content (AvgIpc) is 2.51. The number of pyridine rings is 1. The molecule has 5 nitrogen and oxygen atoms in total. The summed E-state index contributed by atoms with van der Waals surface area (Å²) in [7, 11) is 0. The Morgan fingerprint density at radius 3 is 2.70 bits per heavy atom. The Balaban J connectivity index is 1.99. The zero-order valence-electron chi connectivity index (χ0n) is 12.1. The van der Waals surface area contributed by atoms with E-state index in [-0.39, 0.29) is 11.0 Å². The molecule has 0 bridgehead atoms. The smallest absolute Gasteiger partial charge is 0.257 e. The van der Waals surface area contributed by atoms with Gasteiger partial charge in [0.05, 0.1) is 16.7 Å². The van der Waals surface area contributed by atoms with Crippen LogP contribution in [0.25, 0.3) is 0 Å². The number of hydrogen-bond donors (Lipinski definition) is 2. The molecular weight excluding hydrogens is 357 g/mol. The zero-order valence-corrected chi connectivity index (χ0v) is 14.4. The first-order valence-electron chi connectivity index (χ1n) is 6.66. The van der Waals surface area contributed by atoms with E-state index < -0.39 is 0 Å². The minimum atomic E-state index is -0.388. The molecule has 2 rings (SSSR count). The van der Waals surface area contributed by atoms with E-state index in [1.165, 1.54) is 12.3 Å². The highest BCUT2D eigenvalue weighted by Gasteiger charge is 2.11. The second-order valence-corrected chi connectivity index (χ2v) is 5.60. The maximum absolute atomic E-state index is 12.1. The van der Waals surface area contributed by atoms with E-state index in [1.807, 2.05) is 6.92 Å². The Labute approximate surface area is 149 Å². The van der Waals surface area contributed by atoms with Crippen LogP contribution in [0.1, 0.15) is 17.3 Å². The van der Waals surface area contributed by atoms with Gasteiger partial charge in [-0.1, -0.05) is 23.2 Å². The number of amides is 1. The minimum absolute atomic E-state index is 0.120. The third kappa shape index (κ3) is 5.06. The number of anilines is 1. The molecule has 0 fully saturated rings. The molecule has 8 heteroatoms. The van der Waals surface area contributed by atoms with Crippen LogP contribution in [0.3, 0.4) is 0 Å². The van der Waals surface area contributed by atoms with Crippen molar-refractivity contribution in [2.45, 2.75) is 6.92 Å². The van der Waals surface area contributed by atoms with Crippen LogP contribution >= 0.6 is 35.4 Å². The second-order valence-electron chi connectivity index (χ2n) is 4.35. The molecule has 2 N–H and O–H groups in total. The van der Waals surface area contributed by atoms with Gasteiger partial charge in [0.25, 0.3) is 5.91 Å². The molecule has 0 saturated carbocycles. The molecule has 0 aliphatic heterocycles. The Bertz CT molecular complexity index is 723. The zero-order chi connectivity index (χ0) is 16.8. The predicted molar refractivity (Wildman–Crippen MR) is 95.6 cm³/mol. The van der Waals surface area contributed by atoms with Gasteiger partial charge >= 0.3 is 0 Å². The van der Waals surface area contributed by atoms with Crippen LogP contribution < -0.4 is 15.4 Å². The van der Waals surface area contributed by atoms with Crippen LogP contribution in [0.4, 0.5) is 5.82 Å². The number of rotatable bonds is 4. The standard InChI is InChI=1S/C15H13Cl2N3O2S/c1-2-22-12-5-3-9(7-11(12)17)14(21)20-15(23)19-13-6-4-10(16)8-18-13/h3-8H,2H2,1H3,(H2,18,19,20,21,23). The van der Waals surface area contributed by atoms with Gasteiger partial charge in [0, 0.05) is 11.8 Å². The topological polar surface area (TPSA) is 63.2 Å². The third-order valence-corrected chi connectivity index (χ3v) is 3.41. The Hall–Kier alpha value is -1.89. The molecule has 0 atom stereocenters. The number of halogens is 2. The lowest BCUT2D eigenvalue weighted by atomic mass is 10.2. The summed E-state index contributed by atoms with van der Waals surface area (Å²) < 4.78 is 5.32. The van der Waals surface area contributed by atoms with Gasteiger partial charge in [-0.2, -0.15) is 0 Å². The van der Waals surface area contributed by atoms with Crippen LogP contribution in [0.5, 0.6) is 5.75 Å². The first-order chi connectivity index (χ1) is 11.0. The number of carbonyl (C=O) groups is 1. The second kappa shape index (κ2) is 8.10. The molecule has 1 amide bonds. The summed E-state index contributed by atoms with van der Waals surface area (Å²) in [5.74, 6) is 0.614. The van der Waals surface area contributed by atoms with E-state index in [0.29, 0.717) is 33.8 Å². The van der Waals surface area contributed by atoms with Crippen molar-refractivity contribution in [1.29, 1.82) is 0 Å². The van der Waals surface area contributed by atoms with E-state index in [1.54, 1.807) is 24.3 Å². The molecule has 0 aliphatic rings. The van der Waals surface area contributed by atoms with E-state index in [2.05, 4.69) is 15.6 Å². The maximum Gasteiger partial charge on any atom is 0.257 e. The largest absolute Gasteiger partial charge is 0.492 e. The first-order valence-corrected chi connectivity index (χ1v) is 7.82. The number of nitrogens with zero attached hydrogens (tertiary/aromatic N) is 1. The first kappa shape index (κ1) is 17.5. The normalized spacial score (nSPS) is 10.0. The SMILES string of the molecule is CCOc1ccc(C(=O)NC(=S)Nc2ccc(Cl)cn2)cc1Cl. The fraction of sp³-hybridized carbons (Fsp3) is 0.133. The fourth-order valence-corrected chi connectivity index (χ4v) is 2.23. The van der Waals surface area contributed by atoms with Gasteiger partial charge in [-0.25, -0.2) is 4.98 Å². The lowest BCUT2D eigenvalue weighted by Gasteiger charge is -2.10. The molecule has 0 aliphatic carbocycles. The summed E-state index contributed by atoms with van der Waals surface area (Å²) in [5, 5.41) is 6.32. The highest BCUT2D eigenvalue weighted by molar-refractivity contribution is 7.80. The summed E-state index contributed by atoms with van der Waals surface area (Å²) in [6.07, 6.45) is 1.47. The number of hydrogen-bond acceptors (Lipinski definition) is 4. The van der Waals surface area contributed by atoms with Crippen LogP contribution in [0.2, 0.25) is 10.0 Å². The molecule has 1 aromatic carbocycles. The Morgan fingerprint density at radius 2 is 2.09 bits per heavy atom. The van der Waals surface area contributed by atoms with Gasteiger partial charge in [0.2, 0.25) is 0 Å². The summed E-state index contributed by atoms with van der Waals surface area (Å²) >= 11 is 16.9.